The third-order valence-corrected chi connectivity index (χ3v) is 3.45. The summed E-state index contributed by atoms with van der Waals surface area (Å²) >= 11 is 0. The molecule has 0 aliphatic carbocycles. The second-order valence-electron chi connectivity index (χ2n) is 7.55. The number of carbonyl (C=O) groups excluding carboxylic acids is 1. The van der Waals surface area contributed by atoms with Crippen molar-refractivity contribution in [3.63, 3.8) is 0 Å². The van der Waals surface area contributed by atoms with Gasteiger partial charge in [0.1, 0.15) is 12.6 Å². The van der Waals surface area contributed by atoms with Gasteiger partial charge in [-0.2, -0.15) is 0 Å². The van der Waals surface area contributed by atoms with E-state index in [-0.39, 0.29) is 17.0 Å². The van der Waals surface area contributed by atoms with Gasteiger partial charge in [0.2, 0.25) is 0 Å². The minimum atomic E-state index is -0.533. The van der Waals surface area contributed by atoms with Crippen LogP contribution in [-0.2, 0) is 9.53 Å². The molecule has 0 aliphatic heterocycles. The van der Waals surface area contributed by atoms with E-state index in [4.69, 9.17) is 16.2 Å². The van der Waals surface area contributed by atoms with Crippen LogP contribution in [0.5, 0.6) is 0 Å². The highest BCUT2D eigenvalue weighted by Crippen LogP contribution is 2.24. The summed E-state index contributed by atoms with van der Waals surface area (Å²) in [6.07, 6.45) is 2.39. The van der Waals surface area contributed by atoms with Crippen molar-refractivity contribution >= 4 is 5.97 Å². The highest BCUT2D eigenvalue weighted by atomic mass is 16.5. The Morgan fingerprint density at radius 2 is 1.62 bits per heavy atom. The maximum Gasteiger partial charge on any atom is 0.322 e. The Bertz CT molecular complexity index is 292. The van der Waals surface area contributed by atoms with E-state index < -0.39 is 6.04 Å². The van der Waals surface area contributed by atoms with Crippen LogP contribution in [0.4, 0.5) is 0 Å². The van der Waals surface area contributed by atoms with Crippen molar-refractivity contribution in [2.75, 3.05) is 19.7 Å². The summed E-state index contributed by atoms with van der Waals surface area (Å²) < 4.78 is 5.32. The molecule has 0 rings (SSSR count). The maximum absolute atomic E-state index is 11.8. The topological polar surface area (TPSA) is 81.6 Å². The Kier molecular flexibility index (Phi) is 8.44. The average molecular weight is 301 g/mol. The molecule has 0 spiro atoms. The third kappa shape index (κ3) is 8.39. The van der Waals surface area contributed by atoms with Crippen LogP contribution in [0.15, 0.2) is 0 Å². The number of ether oxygens (including phenoxy) is 1. The molecule has 5 heteroatoms. The van der Waals surface area contributed by atoms with Gasteiger partial charge >= 0.3 is 5.97 Å². The van der Waals surface area contributed by atoms with Crippen LogP contribution in [0, 0.1) is 0 Å². The van der Waals surface area contributed by atoms with E-state index in [9.17, 15) is 4.79 Å². The minimum Gasteiger partial charge on any atom is -0.463 e. The first-order valence-electron chi connectivity index (χ1n) is 7.90. The molecule has 126 valence electrons. The molecule has 0 radical (unpaired) electrons. The van der Waals surface area contributed by atoms with Gasteiger partial charge < -0.3 is 16.2 Å². The molecule has 1 unspecified atom stereocenters. The van der Waals surface area contributed by atoms with Gasteiger partial charge in [-0.05, 0) is 60.9 Å². The standard InChI is InChI=1S/C16H35N3O2/c1-15(2,3)19(16(4,5)6)11-12-21-14(20)13(18)9-7-8-10-17/h13H,7-12,17-18H2,1-6H3. The van der Waals surface area contributed by atoms with Crippen LogP contribution < -0.4 is 11.5 Å². The first-order valence-corrected chi connectivity index (χ1v) is 7.90. The highest BCUT2D eigenvalue weighted by Gasteiger charge is 2.31. The van der Waals surface area contributed by atoms with Gasteiger partial charge in [-0.25, -0.2) is 0 Å². The molecule has 0 bridgehead atoms. The average Bonchev–Trinajstić information content (AvgIpc) is 2.31. The Morgan fingerprint density at radius 3 is 2.05 bits per heavy atom. The monoisotopic (exact) mass is 301 g/mol. The molecule has 0 heterocycles. The van der Waals surface area contributed by atoms with E-state index in [1.54, 1.807) is 0 Å². The lowest BCUT2D eigenvalue weighted by molar-refractivity contribution is -0.146. The molecule has 0 aromatic heterocycles. The number of nitrogens with zero attached hydrogens (tertiary/aromatic N) is 1. The summed E-state index contributed by atoms with van der Waals surface area (Å²) in [6, 6.07) is -0.533. The first-order chi connectivity index (χ1) is 9.50. The second kappa shape index (κ2) is 8.71. The van der Waals surface area contributed by atoms with Crippen molar-refractivity contribution in [3.8, 4) is 0 Å². The molecule has 21 heavy (non-hydrogen) atoms. The van der Waals surface area contributed by atoms with Crippen molar-refractivity contribution in [1.82, 2.24) is 4.90 Å². The molecule has 1 atom stereocenters. The number of hydrogen-bond donors (Lipinski definition) is 2. The van der Waals surface area contributed by atoms with Crippen molar-refractivity contribution in [2.45, 2.75) is 77.9 Å². The van der Waals surface area contributed by atoms with E-state index in [0.29, 0.717) is 26.1 Å². The van der Waals surface area contributed by atoms with E-state index in [2.05, 4.69) is 46.4 Å². The summed E-state index contributed by atoms with van der Waals surface area (Å²) in [7, 11) is 0. The zero-order valence-corrected chi connectivity index (χ0v) is 14.7. The molecular formula is C16H35N3O2. The summed E-state index contributed by atoms with van der Waals surface area (Å²) in [5.41, 5.74) is 11.3. The molecule has 5 nitrogen and oxygen atoms in total. The summed E-state index contributed by atoms with van der Waals surface area (Å²) in [5, 5.41) is 0. The van der Waals surface area contributed by atoms with Gasteiger partial charge in [-0.15, -0.1) is 0 Å². The Morgan fingerprint density at radius 1 is 1.10 bits per heavy atom. The lowest BCUT2D eigenvalue weighted by Crippen LogP contribution is -2.54. The first kappa shape index (κ1) is 20.3. The highest BCUT2D eigenvalue weighted by molar-refractivity contribution is 5.75. The van der Waals surface area contributed by atoms with Gasteiger partial charge in [0, 0.05) is 17.6 Å². The van der Waals surface area contributed by atoms with E-state index in [1.165, 1.54) is 0 Å². The minimum absolute atomic E-state index is 0.0217. The second-order valence-corrected chi connectivity index (χ2v) is 7.55. The number of carbonyl (C=O) groups is 1. The van der Waals surface area contributed by atoms with Crippen LogP contribution in [-0.4, -0.2) is 47.7 Å². The molecule has 0 saturated heterocycles. The Hall–Kier alpha value is -0.650. The van der Waals surface area contributed by atoms with Crippen LogP contribution in [0.3, 0.4) is 0 Å². The molecule has 0 saturated carbocycles. The molecule has 0 aromatic carbocycles. The third-order valence-electron chi connectivity index (χ3n) is 3.45. The van der Waals surface area contributed by atoms with Gasteiger partial charge in [0.05, 0.1) is 0 Å². The zero-order chi connectivity index (χ0) is 16.7. The summed E-state index contributed by atoms with van der Waals surface area (Å²) in [6.45, 7) is 14.7. The fraction of sp³-hybridized carbons (Fsp3) is 0.938. The smallest absolute Gasteiger partial charge is 0.322 e. The predicted octanol–water partition coefficient (Wildman–Crippen LogP) is 1.88. The number of nitrogens with two attached hydrogens (primary N) is 2. The summed E-state index contributed by atoms with van der Waals surface area (Å²) in [4.78, 5) is 14.1. The van der Waals surface area contributed by atoms with Crippen LogP contribution >= 0.6 is 0 Å². The van der Waals surface area contributed by atoms with Gasteiger partial charge in [0.25, 0.3) is 0 Å². The van der Waals surface area contributed by atoms with Crippen LogP contribution in [0.25, 0.3) is 0 Å². The van der Waals surface area contributed by atoms with Crippen molar-refractivity contribution < 1.29 is 9.53 Å². The number of rotatable bonds is 8. The molecular weight excluding hydrogens is 266 g/mol. The fourth-order valence-corrected chi connectivity index (χ4v) is 2.65. The maximum atomic E-state index is 11.8. The normalized spacial score (nSPS) is 14.3. The van der Waals surface area contributed by atoms with Crippen molar-refractivity contribution in [3.05, 3.63) is 0 Å². The van der Waals surface area contributed by atoms with E-state index in [1.807, 2.05) is 0 Å². The fourth-order valence-electron chi connectivity index (χ4n) is 2.65. The largest absolute Gasteiger partial charge is 0.463 e. The van der Waals surface area contributed by atoms with E-state index in [0.717, 1.165) is 12.8 Å². The van der Waals surface area contributed by atoms with Gasteiger partial charge in [0.15, 0.2) is 0 Å². The predicted molar refractivity (Wildman–Crippen MR) is 88.1 cm³/mol. The molecule has 0 aliphatic rings. The lowest BCUT2D eigenvalue weighted by atomic mass is 9.96. The lowest BCUT2D eigenvalue weighted by Gasteiger charge is -2.45. The number of esters is 1. The van der Waals surface area contributed by atoms with Gasteiger partial charge in [-0.1, -0.05) is 6.42 Å². The Labute approximate surface area is 130 Å². The SMILES string of the molecule is CC(C)(C)N(CCOC(=O)C(N)CCCCN)C(C)(C)C. The summed E-state index contributed by atoms with van der Waals surface area (Å²) in [5.74, 6) is -0.310. The molecule has 0 fully saturated rings. The van der Waals surface area contributed by atoms with Gasteiger partial charge in [-0.3, -0.25) is 9.69 Å². The van der Waals surface area contributed by atoms with E-state index >= 15 is 0 Å². The molecule has 4 N–H and O–H groups in total. The number of unbranched alkanes of at least 4 members (excludes halogenated alkanes) is 1. The quantitative estimate of drug-likeness (QED) is 0.528. The zero-order valence-electron chi connectivity index (χ0n) is 14.7. The van der Waals surface area contributed by atoms with Crippen LogP contribution in [0.2, 0.25) is 0 Å². The Balaban J connectivity index is 4.24. The number of hydrogen-bond acceptors (Lipinski definition) is 5. The molecule has 0 aromatic rings. The van der Waals surface area contributed by atoms with Crippen molar-refractivity contribution in [2.24, 2.45) is 11.5 Å². The molecule has 0 amide bonds. The van der Waals surface area contributed by atoms with Crippen molar-refractivity contribution in [1.29, 1.82) is 0 Å². The van der Waals surface area contributed by atoms with Crippen LogP contribution in [0.1, 0.15) is 60.8 Å².